The lowest BCUT2D eigenvalue weighted by Crippen LogP contribution is -2.02. The van der Waals surface area contributed by atoms with Crippen LogP contribution < -0.4 is 0 Å². The van der Waals surface area contributed by atoms with Gasteiger partial charge in [0, 0.05) is 52.0 Å². The summed E-state index contributed by atoms with van der Waals surface area (Å²) in [5, 5.41) is 0. The number of hydrogen-bond acceptors (Lipinski definition) is 4. The van der Waals surface area contributed by atoms with E-state index >= 15 is 0 Å². The van der Waals surface area contributed by atoms with Crippen molar-refractivity contribution in [3.05, 3.63) is 111 Å². The lowest BCUT2D eigenvalue weighted by molar-refractivity contribution is 0.561. The summed E-state index contributed by atoms with van der Waals surface area (Å²) in [6.07, 6.45) is 10.8. The maximum atomic E-state index is 14.0. The molecule has 0 spiro atoms. The molecule has 0 aliphatic heterocycles. The quantitative estimate of drug-likeness (QED) is 0.130. The fraction of sp³-hybridized carbons (Fsp3) is 0.545. The molecule has 304 valence electrons. The maximum Gasteiger partial charge on any atom is 0.217 e. The van der Waals surface area contributed by atoms with Gasteiger partial charge in [-0.05, 0) is 174 Å². The van der Waals surface area contributed by atoms with Crippen molar-refractivity contribution in [3.63, 3.8) is 0 Å². The third-order valence-corrected chi connectivity index (χ3v) is 12.6. The van der Waals surface area contributed by atoms with Gasteiger partial charge in [0.1, 0.15) is 30.0 Å². The van der Waals surface area contributed by atoms with Crippen LogP contribution in [0.1, 0.15) is 199 Å². The maximum absolute atomic E-state index is 14.0. The average molecular weight is 1030 g/mol. The minimum atomic E-state index is -0.302. The minimum absolute atomic E-state index is 0.0515. The van der Waals surface area contributed by atoms with Crippen LogP contribution in [0.5, 0.6) is 0 Å². The standard InChI is InChI=1S/4C11H13BrFN/c1-6(2)10-8(13)5-9(12)14-11(10)7-3-4-7;1-6(2)9-10(13)8(7-3-4-7)5-14-11(9)12;1-6(2)8-5-9(13)11(12)14-10(8)7-3-4-7;1-6(2)8-5-9(7-3-4-7)11(13)14-10(8)12/h4*5-7H,3-4H2,1-2H3. The normalized spacial score (nSPS) is 16.4. The summed E-state index contributed by atoms with van der Waals surface area (Å²) in [6, 6.07) is 5.05. The van der Waals surface area contributed by atoms with Crippen molar-refractivity contribution in [2.24, 2.45) is 0 Å². The molecule has 4 aromatic heterocycles. The van der Waals surface area contributed by atoms with E-state index in [2.05, 4.69) is 111 Å². The molecule has 12 heteroatoms. The molecule has 0 saturated heterocycles. The van der Waals surface area contributed by atoms with E-state index in [1.54, 1.807) is 12.3 Å². The lowest BCUT2D eigenvalue weighted by atomic mass is 9.98. The zero-order valence-corrected chi connectivity index (χ0v) is 39.7. The molecular weight excluding hydrogens is 980 g/mol. The zero-order valence-electron chi connectivity index (χ0n) is 33.4. The molecule has 4 aromatic rings. The summed E-state index contributed by atoms with van der Waals surface area (Å²) >= 11 is 13.0. The van der Waals surface area contributed by atoms with Gasteiger partial charge in [-0.15, -0.1) is 0 Å². The van der Waals surface area contributed by atoms with E-state index in [9.17, 15) is 17.6 Å². The average Bonchev–Trinajstić information content (AvgIpc) is 3.90. The zero-order chi connectivity index (χ0) is 41.2. The van der Waals surface area contributed by atoms with E-state index in [0.29, 0.717) is 53.9 Å². The molecule has 0 amide bonds. The Hall–Kier alpha value is -1.76. The molecule has 8 rings (SSSR count). The van der Waals surface area contributed by atoms with E-state index in [1.165, 1.54) is 18.9 Å². The van der Waals surface area contributed by atoms with Gasteiger partial charge in [0.25, 0.3) is 0 Å². The predicted octanol–water partition coefficient (Wildman–Crippen LogP) is 15.9. The number of rotatable bonds is 8. The molecule has 4 aliphatic rings. The first-order valence-electron chi connectivity index (χ1n) is 19.8. The van der Waals surface area contributed by atoms with Gasteiger partial charge in [0.15, 0.2) is 5.82 Å². The molecule has 56 heavy (non-hydrogen) atoms. The van der Waals surface area contributed by atoms with Gasteiger partial charge < -0.3 is 0 Å². The molecular formula is C44H52Br4F4N4. The third-order valence-electron chi connectivity index (χ3n) is 10.4. The smallest absolute Gasteiger partial charge is 0.217 e. The Kier molecular flexibility index (Phi) is 15.8. The summed E-state index contributed by atoms with van der Waals surface area (Å²) in [7, 11) is 0. The second-order valence-corrected chi connectivity index (χ2v) is 19.7. The van der Waals surface area contributed by atoms with Crippen LogP contribution in [0.2, 0.25) is 0 Å². The van der Waals surface area contributed by atoms with E-state index in [0.717, 1.165) is 83.3 Å². The minimum Gasteiger partial charge on any atom is -0.249 e. The number of aromatic nitrogens is 4. The van der Waals surface area contributed by atoms with Crippen LogP contribution in [0.25, 0.3) is 0 Å². The highest BCUT2D eigenvalue weighted by Crippen LogP contribution is 2.46. The fourth-order valence-corrected chi connectivity index (χ4v) is 8.81. The highest BCUT2D eigenvalue weighted by atomic mass is 79.9. The first-order chi connectivity index (χ1) is 26.4. The Morgan fingerprint density at radius 2 is 1.02 bits per heavy atom. The molecule has 4 saturated carbocycles. The van der Waals surface area contributed by atoms with Crippen molar-refractivity contribution in [3.8, 4) is 0 Å². The van der Waals surface area contributed by atoms with E-state index in [1.807, 2.05) is 33.8 Å². The van der Waals surface area contributed by atoms with Gasteiger partial charge in [-0.25, -0.2) is 33.1 Å². The van der Waals surface area contributed by atoms with Crippen LogP contribution in [0.3, 0.4) is 0 Å². The Balaban J connectivity index is 0.000000143. The van der Waals surface area contributed by atoms with Crippen LogP contribution in [0, 0.1) is 23.4 Å². The topological polar surface area (TPSA) is 51.6 Å². The Morgan fingerprint density at radius 1 is 0.500 bits per heavy atom. The molecule has 0 aromatic carbocycles. The fourth-order valence-electron chi connectivity index (χ4n) is 6.65. The van der Waals surface area contributed by atoms with Gasteiger partial charge in [0.2, 0.25) is 5.95 Å². The molecule has 4 heterocycles. The number of hydrogen-bond donors (Lipinski definition) is 0. The second-order valence-electron chi connectivity index (χ2n) is 16.7. The molecule has 0 atom stereocenters. The van der Waals surface area contributed by atoms with Gasteiger partial charge in [-0.1, -0.05) is 55.4 Å². The van der Waals surface area contributed by atoms with Gasteiger partial charge in [-0.3, -0.25) is 0 Å². The van der Waals surface area contributed by atoms with Crippen LogP contribution in [-0.2, 0) is 0 Å². The SMILES string of the molecule is CC(C)c1c(Br)ncc(C2CC2)c1F.CC(C)c1c(F)cc(Br)nc1C1CC1.CC(C)c1cc(C2CC2)c(F)nc1Br.CC(C)c1cc(F)c(Br)nc1C1CC1. The lowest BCUT2D eigenvalue weighted by Gasteiger charge is -2.12. The predicted molar refractivity (Wildman–Crippen MR) is 232 cm³/mol. The van der Waals surface area contributed by atoms with Crippen molar-refractivity contribution in [2.45, 2.75) is 154 Å². The number of halogens is 8. The Bertz CT molecular complexity index is 1950. The second kappa shape index (κ2) is 19.5. The van der Waals surface area contributed by atoms with E-state index in [-0.39, 0.29) is 35.2 Å². The van der Waals surface area contributed by atoms with Crippen molar-refractivity contribution >= 4 is 63.7 Å². The first-order valence-corrected chi connectivity index (χ1v) is 23.0. The van der Waals surface area contributed by atoms with E-state index in [4.69, 9.17) is 0 Å². The van der Waals surface area contributed by atoms with Crippen LogP contribution in [-0.4, -0.2) is 19.9 Å². The first kappa shape index (κ1) is 45.3. The summed E-state index contributed by atoms with van der Waals surface area (Å²) in [4.78, 5) is 16.8. The van der Waals surface area contributed by atoms with E-state index < -0.39 is 0 Å². The van der Waals surface area contributed by atoms with Gasteiger partial charge in [-0.2, -0.15) is 4.39 Å². The summed E-state index contributed by atoms with van der Waals surface area (Å²) in [5.41, 5.74) is 7.35. The summed E-state index contributed by atoms with van der Waals surface area (Å²) < 4.78 is 56.7. The molecule has 4 fully saturated rings. The van der Waals surface area contributed by atoms with Crippen LogP contribution >= 0.6 is 63.7 Å². The van der Waals surface area contributed by atoms with Crippen molar-refractivity contribution < 1.29 is 17.6 Å². The number of nitrogens with zero attached hydrogens (tertiary/aromatic N) is 4. The highest BCUT2D eigenvalue weighted by molar-refractivity contribution is 9.11. The van der Waals surface area contributed by atoms with Crippen molar-refractivity contribution in [2.75, 3.05) is 0 Å². The van der Waals surface area contributed by atoms with Crippen molar-refractivity contribution in [1.82, 2.24) is 19.9 Å². The molecule has 4 aliphatic carbocycles. The summed E-state index contributed by atoms with van der Waals surface area (Å²) in [6.45, 7) is 16.3. The van der Waals surface area contributed by atoms with Gasteiger partial charge in [0.05, 0.1) is 5.69 Å². The monoisotopic (exact) mass is 1030 g/mol. The highest BCUT2D eigenvalue weighted by Gasteiger charge is 2.32. The van der Waals surface area contributed by atoms with Crippen LogP contribution in [0.15, 0.2) is 42.8 Å². The van der Waals surface area contributed by atoms with Crippen LogP contribution in [0.4, 0.5) is 17.6 Å². The number of pyridine rings is 4. The Labute approximate surface area is 363 Å². The Morgan fingerprint density at radius 3 is 1.52 bits per heavy atom. The summed E-state index contributed by atoms with van der Waals surface area (Å²) in [5.74, 6) is 2.32. The molecule has 4 nitrogen and oxygen atoms in total. The molecule has 0 unspecified atom stereocenters. The molecule has 0 bridgehead atoms. The molecule has 0 radical (unpaired) electrons. The van der Waals surface area contributed by atoms with Gasteiger partial charge >= 0.3 is 0 Å². The molecule has 0 N–H and O–H groups in total. The van der Waals surface area contributed by atoms with Crippen molar-refractivity contribution in [1.29, 1.82) is 0 Å². The largest absolute Gasteiger partial charge is 0.249 e. The third kappa shape index (κ3) is 11.9.